The number of rotatable bonds is 11. The number of hydrogen-bond donors (Lipinski definition) is 13. The molecule has 376 valence electrons. The van der Waals surface area contributed by atoms with E-state index in [1.807, 2.05) is 0 Å². The third-order valence-corrected chi connectivity index (χ3v) is 13.8. The van der Waals surface area contributed by atoms with E-state index in [4.69, 9.17) is 23.7 Å². The average Bonchev–Trinajstić information content (AvgIpc) is 3.95. The Morgan fingerprint density at radius 2 is 0.958 bits per heavy atom. The molecule has 4 aliphatic heterocycles. The minimum atomic E-state index is -1.75. The van der Waals surface area contributed by atoms with Gasteiger partial charge in [-0.1, -0.05) is 54.6 Å². The largest absolute Gasteiger partial charge is 0.508 e. The highest BCUT2D eigenvalue weighted by Gasteiger charge is 2.49. The molecule has 10 rings (SSSR count). The monoisotopic (exact) mass is 988 g/mol. The smallest absolute Gasteiger partial charge is 0.229 e. The summed E-state index contributed by atoms with van der Waals surface area (Å²) in [6.45, 7) is -1.38. The number of phenolic OH excluding ortho intramolecular Hbond substituents is 5. The number of aliphatic hydroxyl groups excluding tert-OH is 8. The van der Waals surface area contributed by atoms with Gasteiger partial charge in [0.1, 0.15) is 113 Å². The molecular weight excluding hydrogens is 937 g/mol. The summed E-state index contributed by atoms with van der Waals surface area (Å²) >= 11 is 0. The summed E-state index contributed by atoms with van der Waals surface area (Å²) in [7, 11) is 0. The van der Waals surface area contributed by atoms with Crippen LogP contribution in [0.25, 0.3) is 12.2 Å². The Bertz CT molecular complexity index is 2940. The third-order valence-electron chi connectivity index (χ3n) is 13.8. The van der Waals surface area contributed by atoms with Gasteiger partial charge in [-0.05, 0) is 99.6 Å². The van der Waals surface area contributed by atoms with Crippen LogP contribution in [0.4, 0.5) is 0 Å². The maximum atomic E-state index is 11.7. The van der Waals surface area contributed by atoms with Crippen LogP contribution in [0.2, 0.25) is 0 Å². The summed E-state index contributed by atoms with van der Waals surface area (Å²) < 4.78 is 31.6. The molecule has 0 unspecified atom stereocenters. The zero-order chi connectivity index (χ0) is 50.7. The van der Waals surface area contributed by atoms with Crippen LogP contribution in [-0.4, -0.2) is 135 Å². The summed E-state index contributed by atoms with van der Waals surface area (Å²) in [5, 5.41) is 139. The summed E-state index contributed by atoms with van der Waals surface area (Å²) in [4.78, 5) is 0. The lowest BCUT2D eigenvalue weighted by atomic mass is 9.75. The lowest BCUT2D eigenvalue weighted by Crippen LogP contribution is -2.60. The van der Waals surface area contributed by atoms with E-state index in [-0.39, 0.29) is 51.6 Å². The maximum absolute atomic E-state index is 11.7. The van der Waals surface area contributed by atoms with Crippen LogP contribution >= 0.6 is 0 Å². The predicted molar refractivity (Wildman–Crippen MR) is 253 cm³/mol. The van der Waals surface area contributed by atoms with Crippen molar-refractivity contribution in [2.75, 3.05) is 13.2 Å². The predicted octanol–water partition coefficient (Wildman–Crippen LogP) is 3.61. The molecule has 13 N–H and O–H groups in total. The molecule has 18 nitrogen and oxygen atoms in total. The molecule has 18 heteroatoms. The minimum Gasteiger partial charge on any atom is -0.508 e. The van der Waals surface area contributed by atoms with Crippen molar-refractivity contribution >= 4 is 12.2 Å². The second-order valence-corrected chi connectivity index (χ2v) is 18.4. The number of phenols is 5. The third kappa shape index (κ3) is 9.02. The summed E-state index contributed by atoms with van der Waals surface area (Å²) in [5.41, 5.74) is 4.40. The molecular formula is C54H52O18. The standard InChI is InChI=1S/C54H52O18/c55-22-39-45(62)47(64)49(66)53(71-39)29-15-28(16-33(60)17-29)42-43-36(19-34(61)20-37(43)69-51(42)25-5-11-31(58)12-6-25)44-41-27(4-1-24-2-9-30(57)10-3-24)18-35(68-54-50(67)48(65)46(63)40(23-56)72-54)21-38(41)70-52(44)26-7-13-32(59)14-8-26/h1-21,39-40,42,44-67H,22-23H2/b4-1-/t39-,40-,42-,44+,45-,46-,47+,48+,49-,50-,51+,52-,53+,54-/m1/s1. The molecule has 6 aromatic carbocycles. The van der Waals surface area contributed by atoms with Crippen molar-refractivity contribution in [3.63, 3.8) is 0 Å². The highest BCUT2D eigenvalue weighted by Crippen LogP contribution is 2.60. The van der Waals surface area contributed by atoms with Crippen LogP contribution in [0.15, 0.2) is 115 Å². The Kier molecular flexibility index (Phi) is 13.2. The quantitative estimate of drug-likeness (QED) is 0.0825. The van der Waals surface area contributed by atoms with Crippen molar-refractivity contribution in [1.29, 1.82) is 0 Å². The van der Waals surface area contributed by atoms with Gasteiger partial charge in [0.15, 0.2) is 0 Å². The molecule has 4 heterocycles. The number of ether oxygens (including phenoxy) is 5. The first-order chi connectivity index (χ1) is 34.6. The van der Waals surface area contributed by atoms with E-state index in [0.717, 1.165) is 0 Å². The van der Waals surface area contributed by atoms with E-state index in [2.05, 4.69) is 0 Å². The van der Waals surface area contributed by atoms with Crippen molar-refractivity contribution in [1.82, 2.24) is 0 Å². The van der Waals surface area contributed by atoms with Gasteiger partial charge in [0.05, 0.1) is 25.0 Å². The summed E-state index contributed by atoms with van der Waals surface area (Å²) in [5.74, 6) is -1.67. The normalized spacial score (nSPS) is 29.8. The van der Waals surface area contributed by atoms with Crippen LogP contribution in [0.5, 0.6) is 46.0 Å². The number of aliphatic hydroxyl groups is 8. The average molecular weight is 989 g/mol. The van der Waals surface area contributed by atoms with E-state index >= 15 is 0 Å². The Labute approximate surface area is 410 Å². The van der Waals surface area contributed by atoms with Gasteiger partial charge in [-0.3, -0.25) is 0 Å². The van der Waals surface area contributed by atoms with E-state index in [0.29, 0.717) is 44.5 Å². The van der Waals surface area contributed by atoms with Crippen molar-refractivity contribution < 1.29 is 90.1 Å². The van der Waals surface area contributed by atoms with Crippen LogP contribution < -0.4 is 14.2 Å². The van der Waals surface area contributed by atoms with Gasteiger partial charge < -0.3 is 90.1 Å². The van der Waals surface area contributed by atoms with Crippen LogP contribution in [-0.2, 0) is 9.47 Å². The molecule has 0 aromatic heterocycles. The Morgan fingerprint density at radius 1 is 0.431 bits per heavy atom. The van der Waals surface area contributed by atoms with E-state index in [9.17, 15) is 66.4 Å². The van der Waals surface area contributed by atoms with Crippen molar-refractivity contribution in [2.24, 2.45) is 0 Å². The first-order valence-corrected chi connectivity index (χ1v) is 23.1. The van der Waals surface area contributed by atoms with Crippen molar-refractivity contribution in [3.05, 3.63) is 165 Å². The Morgan fingerprint density at radius 3 is 1.57 bits per heavy atom. The first kappa shape index (κ1) is 48.7. The highest BCUT2D eigenvalue weighted by atomic mass is 16.7. The van der Waals surface area contributed by atoms with E-state index in [1.165, 1.54) is 54.6 Å². The number of aromatic hydroxyl groups is 5. The Hall–Kier alpha value is -6.94. The van der Waals surface area contributed by atoms with Gasteiger partial charge in [0, 0.05) is 23.3 Å². The lowest BCUT2D eigenvalue weighted by molar-refractivity contribution is -0.277. The number of fused-ring (bicyclic) bond motifs is 2. The zero-order valence-corrected chi connectivity index (χ0v) is 38.0. The second-order valence-electron chi connectivity index (χ2n) is 18.4. The van der Waals surface area contributed by atoms with Crippen molar-refractivity contribution in [2.45, 2.75) is 85.3 Å². The van der Waals surface area contributed by atoms with Gasteiger partial charge in [-0.15, -0.1) is 0 Å². The van der Waals surface area contributed by atoms with Gasteiger partial charge in [-0.2, -0.15) is 0 Å². The van der Waals surface area contributed by atoms with Crippen molar-refractivity contribution in [3.8, 4) is 46.0 Å². The molecule has 6 aromatic rings. The van der Waals surface area contributed by atoms with Gasteiger partial charge in [0.2, 0.25) is 6.29 Å². The van der Waals surface area contributed by atoms with Gasteiger partial charge >= 0.3 is 0 Å². The molecule has 0 bridgehead atoms. The molecule has 72 heavy (non-hydrogen) atoms. The SMILES string of the molecule is OC[C@H]1O[C@@H](c2cc(O)cc([C@@H]3c4c(cc(O)cc4[C@H]4c5c(/C=C\c6ccc(O)cc6)cc(O[C@@H]6O[C@H](CO)[C@@H](O)[C@H](O)[C@H]6O)cc5O[C@@H]4c4ccc(O)cc4)O[C@H]3c3ccc(O)cc3)c2)[C@H](O)[C@@H](O)[C@@H]1O. The lowest BCUT2D eigenvalue weighted by Gasteiger charge is -2.40. The zero-order valence-electron chi connectivity index (χ0n) is 38.0. The van der Waals surface area contributed by atoms with Crippen LogP contribution in [0.1, 0.15) is 80.2 Å². The molecule has 0 radical (unpaired) electrons. The number of benzene rings is 6. The Balaban J connectivity index is 1.18. The molecule has 0 amide bonds. The molecule has 2 fully saturated rings. The first-order valence-electron chi connectivity index (χ1n) is 23.1. The van der Waals surface area contributed by atoms with Crippen LogP contribution in [0.3, 0.4) is 0 Å². The minimum absolute atomic E-state index is 0.0226. The van der Waals surface area contributed by atoms with Crippen LogP contribution in [0, 0.1) is 0 Å². The fraction of sp³-hybridized carbons (Fsp3) is 0.296. The maximum Gasteiger partial charge on any atom is 0.229 e. The fourth-order valence-corrected chi connectivity index (χ4v) is 10.3. The molecule has 4 aliphatic rings. The summed E-state index contributed by atoms with van der Waals surface area (Å²) in [6.07, 6.45) is -13.9. The van der Waals surface area contributed by atoms with Gasteiger partial charge in [0.25, 0.3) is 0 Å². The molecule has 0 saturated carbocycles. The molecule has 0 spiro atoms. The highest BCUT2D eigenvalue weighted by molar-refractivity contribution is 5.76. The molecule has 14 atom stereocenters. The summed E-state index contributed by atoms with van der Waals surface area (Å²) in [6, 6.07) is 29.7. The topological polar surface area (TPSA) is 309 Å². The fourth-order valence-electron chi connectivity index (χ4n) is 10.3. The number of hydrogen-bond acceptors (Lipinski definition) is 18. The molecule has 0 aliphatic carbocycles. The van der Waals surface area contributed by atoms with Gasteiger partial charge in [-0.25, -0.2) is 0 Å². The van der Waals surface area contributed by atoms with E-state index < -0.39 is 98.5 Å². The molecule has 2 saturated heterocycles. The second kappa shape index (κ2) is 19.6. The van der Waals surface area contributed by atoms with E-state index in [1.54, 1.807) is 72.8 Å².